The Morgan fingerprint density at radius 3 is 2.15 bits per heavy atom. The molecular formula is C21H38N4O2. The molecule has 4 saturated carbocycles. The van der Waals surface area contributed by atoms with E-state index in [9.17, 15) is 9.59 Å². The number of urea groups is 1. The minimum Gasteiger partial charge on any atom is -0.350 e. The SMILES string of the molecule is CC(C)CC(C)(CN)NC(=O)CCNC(=O)NC12CC3CC(CC(C3)C1)C2. The van der Waals surface area contributed by atoms with Crippen molar-refractivity contribution in [1.82, 2.24) is 16.0 Å². The molecule has 4 bridgehead atoms. The van der Waals surface area contributed by atoms with Gasteiger partial charge in [0.2, 0.25) is 5.91 Å². The van der Waals surface area contributed by atoms with E-state index in [1.54, 1.807) is 0 Å². The minimum atomic E-state index is -0.382. The lowest BCUT2D eigenvalue weighted by Gasteiger charge is -2.56. The quantitative estimate of drug-likeness (QED) is 0.522. The third kappa shape index (κ3) is 5.15. The van der Waals surface area contributed by atoms with E-state index in [0.29, 0.717) is 19.0 Å². The second-order valence-electron chi connectivity index (χ2n) is 10.2. The van der Waals surface area contributed by atoms with Gasteiger partial charge < -0.3 is 21.7 Å². The van der Waals surface area contributed by atoms with Crippen molar-refractivity contribution in [3.63, 3.8) is 0 Å². The van der Waals surface area contributed by atoms with Crippen LogP contribution in [0.5, 0.6) is 0 Å². The fourth-order valence-electron chi connectivity index (χ4n) is 6.32. The Balaban J connectivity index is 1.40. The molecule has 4 fully saturated rings. The van der Waals surface area contributed by atoms with Crippen molar-refractivity contribution in [3.05, 3.63) is 0 Å². The molecule has 0 radical (unpaired) electrons. The summed E-state index contributed by atoms with van der Waals surface area (Å²) in [6.45, 7) is 6.99. The van der Waals surface area contributed by atoms with Gasteiger partial charge in [0, 0.05) is 30.6 Å². The van der Waals surface area contributed by atoms with E-state index in [4.69, 9.17) is 5.73 Å². The van der Waals surface area contributed by atoms with Crippen molar-refractivity contribution in [3.8, 4) is 0 Å². The standard InChI is InChI=1S/C21H38N4O2/c1-14(2)9-20(3,13-22)24-18(26)4-5-23-19(27)25-21-10-15-6-16(11-21)8-17(7-15)12-21/h14-17H,4-13,22H2,1-3H3,(H,24,26)(H2,23,25,27). The lowest BCUT2D eigenvalue weighted by Crippen LogP contribution is -2.61. The van der Waals surface area contributed by atoms with E-state index in [1.807, 2.05) is 6.92 Å². The summed E-state index contributed by atoms with van der Waals surface area (Å²) in [6.07, 6.45) is 8.61. The van der Waals surface area contributed by atoms with Gasteiger partial charge in [-0.2, -0.15) is 0 Å². The fourth-order valence-corrected chi connectivity index (χ4v) is 6.32. The zero-order chi connectivity index (χ0) is 19.7. The average molecular weight is 379 g/mol. The van der Waals surface area contributed by atoms with Gasteiger partial charge in [-0.1, -0.05) is 13.8 Å². The van der Waals surface area contributed by atoms with Crippen LogP contribution in [0.1, 0.15) is 72.1 Å². The summed E-state index contributed by atoms with van der Waals surface area (Å²) in [5, 5.41) is 9.21. The molecule has 0 aromatic heterocycles. The van der Waals surface area contributed by atoms with Crippen LogP contribution in [0.25, 0.3) is 0 Å². The Morgan fingerprint density at radius 2 is 1.67 bits per heavy atom. The van der Waals surface area contributed by atoms with E-state index in [0.717, 1.165) is 43.4 Å². The third-order valence-corrected chi connectivity index (χ3v) is 6.81. The van der Waals surface area contributed by atoms with Gasteiger partial charge in [-0.3, -0.25) is 4.79 Å². The summed E-state index contributed by atoms with van der Waals surface area (Å²) in [6, 6.07) is -0.117. The van der Waals surface area contributed by atoms with Gasteiger partial charge in [-0.15, -0.1) is 0 Å². The lowest BCUT2D eigenvalue weighted by atomic mass is 9.53. The second kappa shape index (κ2) is 7.98. The van der Waals surface area contributed by atoms with E-state index in [2.05, 4.69) is 29.8 Å². The van der Waals surface area contributed by atoms with Gasteiger partial charge >= 0.3 is 6.03 Å². The molecule has 5 N–H and O–H groups in total. The van der Waals surface area contributed by atoms with Crippen molar-refractivity contribution >= 4 is 11.9 Å². The number of amides is 3. The Bertz CT molecular complexity index is 527. The van der Waals surface area contributed by atoms with Crippen LogP contribution >= 0.6 is 0 Å². The Labute approximate surface area is 163 Å². The van der Waals surface area contributed by atoms with E-state index >= 15 is 0 Å². The summed E-state index contributed by atoms with van der Waals surface area (Å²) in [7, 11) is 0. The van der Waals surface area contributed by atoms with Crippen LogP contribution in [0.4, 0.5) is 4.79 Å². The maximum absolute atomic E-state index is 12.4. The smallest absolute Gasteiger partial charge is 0.315 e. The number of nitrogens with one attached hydrogen (secondary N) is 3. The lowest BCUT2D eigenvalue weighted by molar-refractivity contribution is -0.122. The first-order valence-corrected chi connectivity index (χ1v) is 10.8. The van der Waals surface area contributed by atoms with Crippen LogP contribution in [0.15, 0.2) is 0 Å². The highest BCUT2D eigenvalue weighted by Gasteiger charge is 2.51. The van der Waals surface area contributed by atoms with Crippen molar-refractivity contribution < 1.29 is 9.59 Å². The second-order valence-corrected chi connectivity index (χ2v) is 10.2. The predicted molar refractivity (Wildman–Crippen MR) is 107 cm³/mol. The molecule has 6 heteroatoms. The summed E-state index contributed by atoms with van der Waals surface area (Å²) < 4.78 is 0. The molecule has 1 unspecified atom stereocenters. The molecule has 6 nitrogen and oxygen atoms in total. The number of carbonyl (C=O) groups is 2. The van der Waals surface area contributed by atoms with E-state index < -0.39 is 0 Å². The molecular weight excluding hydrogens is 340 g/mol. The van der Waals surface area contributed by atoms with Gasteiger partial charge in [-0.05, 0) is 75.5 Å². The number of hydrogen-bond donors (Lipinski definition) is 4. The first-order valence-electron chi connectivity index (χ1n) is 10.8. The molecule has 154 valence electrons. The highest BCUT2D eigenvalue weighted by Crippen LogP contribution is 2.55. The first-order chi connectivity index (χ1) is 12.7. The molecule has 4 aliphatic carbocycles. The number of carbonyl (C=O) groups excluding carboxylic acids is 2. The van der Waals surface area contributed by atoms with E-state index in [1.165, 1.54) is 19.3 Å². The highest BCUT2D eigenvalue weighted by atomic mass is 16.2. The van der Waals surface area contributed by atoms with Crippen molar-refractivity contribution in [1.29, 1.82) is 0 Å². The summed E-state index contributed by atoms with van der Waals surface area (Å²) in [4.78, 5) is 24.7. The Kier molecular flexibility index (Phi) is 6.04. The van der Waals surface area contributed by atoms with Crippen molar-refractivity contribution in [2.24, 2.45) is 29.4 Å². The molecule has 1 atom stereocenters. The van der Waals surface area contributed by atoms with Crippen molar-refractivity contribution in [2.45, 2.75) is 83.2 Å². The largest absolute Gasteiger partial charge is 0.350 e. The molecule has 0 spiro atoms. The number of rotatable bonds is 8. The van der Waals surface area contributed by atoms with Gasteiger partial charge in [-0.25, -0.2) is 4.79 Å². The molecule has 4 rings (SSSR count). The van der Waals surface area contributed by atoms with Crippen molar-refractivity contribution in [2.75, 3.05) is 13.1 Å². The highest BCUT2D eigenvalue weighted by molar-refractivity contribution is 5.79. The van der Waals surface area contributed by atoms with Crippen LogP contribution in [0.3, 0.4) is 0 Å². The first kappa shape index (κ1) is 20.4. The molecule has 0 aromatic rings. The molecule has 27 heavy (non-hydrogen) atoms. The van der Waals surface area contributed by atoms with Crippen LogP contribution < -0.4 is 21.7 Å². The number of hydrogen-bond acceptors (Lipinski definition) is 3. The molecule has 0 saturated heterocycles. The Morgan fingerprint density at radius 1 is 1.11 bits per heavy atom. The monoisotopic (exact) mass is 378 g/mol. The minimum absolute atomic E-state index is 0.0104. The molecule has 3 amide bonds. The summed E-state index contributed by atoms with van der Waals surface area (Å²) in [5.74, 6) is 2.81. The number of nitrogens with two attached hydrogens (primary N) is 1. The van der Waals surface area contributed by atoms with E-state index in [-0.39, 0.29) is 29.4 Å². The summed E-state index contributed by atoms with van der Waals surface area (Å²) in [5.41, 5.74) is 5.48. The van der Waals surface area contributed by atoms with Crippen LogP contribution in [0.2, 0.25) is 0 Å². The fraction of sp³-hybridized carbons (Fsp3) is 0.905. The van der Waals surface area contributed by atoms with Gasteiger partial charge in [0.1, 0.15) is 0 Å². The molecule has 0 aliphatic heterocycles. The van der Waals surface area contributed by atoms with Crippen LogP contribution in [0, 0.1) is 23.7 Å². The topological polar surface area (TPSA) is 96.2 Å². The maximum Gasteiger partial charge on any atom is 0.315 e. The van der Waals surface area contributed by atoms with Gasteiger partial charge in [0.05, 0.1) is 0 Å². The zero-order valence-corrected chi connectivity index (χ0v) is 17.3. The summed E-state index contributed by atoms with van der Waals surface area (Å²) >= 11 is 0. The molecule has 0 aromatic carbocycles. The van der Waals surface area contributed by atoms with Crippen LogP contribution in [-0.4, -0.2) is 36.1 Å². The molecule has 0 heterocycles. The normalized spacial score (nSPS) is 33.6. The zero-order valence-electron chi connectivity index (χ0n) is 17.3. The average Bonchev–Trinajstić information content (AvgIpc) is 2.52. The van der Waals surface area contributed by atoms with Gasteiger partial charge in [0.15, 0.2) is 0 Å². The maximum atomic E-state index is 12.4. The third-order valence-electron chi connectivity index (χ3n) is 6.81. The Hall–Kier alpha value is -1.30. The molecule has 4 aliphatic rings. The van der Waals surface area contributed by atoms with Crippen LogP contribution in [-0.2, 0) is 4.79 Å². The van der Waals surface area contributed by atoms with Gasteiger partial charge in [0.25, 0.3) is 0 Å². The predicted octanol–water partition coefficient (Wildman–Crippen LogP) is 2.52.